The van der Waals surface area contributed by atoms with E-state index in [-0.39, 0.29) is 17.3 Å². The van der Waals surface area contributed by atoms with Crippen molar-refractivity contribution >= 4 is 23.3 Å². The lowest BCUT2D eigenvalue weighted by Gasteiger charge is -2.23. The maximum Gasteiger partial charge on any atom is 0.406 e. The molecule has 4 nitrogen and oxygen atoms in total. The second kappa shape index (κ2) is 7.49. The molecule has 0 fully saturated rings. The Labute approximate surface area is 126 Å². The molecule has 118 valence electrons. The van der Waals surface area contributed by atoms with Crippen LogP contribution in [-0.4, -0.2) is 41.6 Å². The molecule has 21 heavy (non-hydrogen) atoms. The molecular weight excluding hydrogens is 307 g/mol. The molecule has 1 N–H and O–H groups in total. The van der Waals surface area contributed by atoms with Crippen LogP contribution in [0.3, 0.4) is 0 Å². The minimum atomic E-state index is -4.46. The second-order valence-electron chi connectivity index (χ2n) is 4.40. The fraction of sp³-hybridized carbons (Fsp3) is 0.538. The fourth-order valence-corrected chi connectivity index (χ4v) is 1.95. The van der Waals surface area contributed by atoms with Crippen molar-refractivity contribution in [2.45, 2.75) is 26.4 Å². The highest BCUT2D eigenvalue weighted by molar-refractivity contribution is 6.33. The Kier molecular flexibility index (Phi) is 6.26. The van der Waals surface area contributed by atoms with Gasteiger partial charge in [0.1, 0.15) is 18.1 Å². The first-order chi connectivity index (χ1) is 9.78. The summed E-state index contributed by atoms with van der Waals surface area (Å²) in [6, 6.07) is 3.01. The average Bonchev–Trinajstić information content (AvgIpc) is 2.38. The molecule has 0 radical (unpaired) electrons. The first-order valence-corrected chi connectivity index (χ1v) is 6.92. The van der Waals surface area contributed by atoms with E-state index in [1.165, 1.54) is 6.07 Å². The van der Waals surface area contributed by atoms with Gasteiger partial charge in [0.15, 0.2) is 0 Å². The van der Waals surface area contributed by atoms with E-state index in [4.69, 9.17) is 11.6 Å². The van der Waals surface area contributed by atoms with Crippen LogP contribution in [0.5, 0.6) is 0 Å². The van der Waals surface area contributed by atoms with Crippen LogP contribution in [0.4, 0.5) is 19.0 Å². The van der Waals surface area contributed by atoms with Crippen LogP contribution in [0.2, 0.25) is 5.02 Å². The molecule has 0 unspecified atom stereocenters. The molecule has 0 aliphatic rings. The van der Waals surface area contributed by atoms with Crippen LogP contribution in [0.15, 0.2) is 12.1 Å². The SMILES string of the molecule is CCCN(CC(F)(F)F)C(=O)c1nc(NCC)ccc1Cl. The van der Waals surface area contributed by atoms with Crippen molar-refractivity contribution in [3.63, 3.8) is 0 Å². The number of halogens is 4. The summed E-state index contributed by atoms with van der Waals surface area (Å²) in [5.41, 5.74) is -0.173. The van der Waals surface area contributed by atoms with E-state index in [0.29, 0.717) is 23.7 Å². The van der Waals surface area contributed by atoms with Gasteiger partial charge in [-0.05, 0) is 25.5 Å². The van der Waals surface area contributed by atoms with Crippen LogP contribution in [0, 0.1) is 0 Å². The van der Waals surface area contributed by atoms with Crippen molar-refractivity contribution in [2.75, 3.05) is 25.0 Å². The van der Waals surface area contributed by atoms with Gasteiger partial charge in [-0.15, -0.1) is 0 Å². The Morgan fingerprint density at radius 1 is 1.38 bits per heavy atom. The molecule has 0 atom stereocenters. The molecule has 0 aliphatic carbocycles. The Morgan fingerprint density at radius 3 is 2.57 bits per heavy atom. The number of anilines is 1. The first-order valence-electron chi connectivity index (χ1n) is 6.55. The van der Waals surface area contributed by atoms with E-state index in [2.05, 4.69) is 10.3 Å². The molecule has 0 saturated carbocycles. The summed E-state index contributed by atoms with van der Waals surface area (Å²) in [5.74, 6) is -0.423. The quantitative estimate of drug-likeness (QED) is 0.870. The van der Waals surface area contributed by atoms with Crippen molar-refractivity contribution in [3.05, 3.63) is 22.8 Å². The van der Waals surface area contributed by atoms with Crippen molar-refractivity contribution in [3.8, 4) is 0 Å². The minimum Gasteiger partial charge on any atom is -0.370 e. The van der Waals surface area contributed by atoms with Crippen LogP contribution in [0.1, 0.15) is 30.8 Å². The van der Waals surface area contributed by atoms with E-state index >= 15 is 0 Å². The molecule has 1 aromatic heterocycles. The zero-order chi connectivity index (χ0) is 16.0. The van der Waals surface area contributed by atoms with Crippen molar-refractivity contribution < 1.29 is 18.0 Å². The largest absolute Gasteiger partial charge is 0.406 e. The van der Waals surface area contributed by atoms with Gasteiger partial charge in [-0.1, -0.05) is 18.5 Å². The number of rotatable bonds is 6. The number of alkyl halides is 3. The van der Waals surface area contributed by atoms with E-state index < -0.39 is 18.6 Å². The molecule has 0 bridgehead atoms. The summed E-state index contributed by atoms with van der Waals surface area (Å²) < 4.78 is 37.6. The molecule has 0 aliphatic heterocycles. The number of aromatic nitrogens is 1. The average molecular weight is 324 g/mol. The summed E-state index contributed by atoms with van der Waals surface area (Å²) in [6.07, 6.45) is -4.05. The third-order valence-electron chi connectivity index (χ3n) is 2.56. The van der Waals surface area contributed by atoms with Crippen LogP contribution in [0.25, 0.3) is 0 Å². The maximum absolute atomic E-state index is 12.5. The van der Waals surface area contributed by atoms with Gasteiger partial charge in [-0.3, -0.25) is 4.79 Å². The van der Waals surface area contributed by atoms with Gasteiger partial charge in [0.05, 0.1) is 5.02 Å². The zero-order valence-electron chi connectivity index (χ0n) is 11.8. The third kappa shape index (κ3) is 5.41. The second-order valence-corrected chi connectivity index (χ2v) is 4.81. The van der Waals surface area contributed by atoms with E-state index in [0.717, 1.165) is 0 Å². The molecule has 0 spiro atoms. The number of carbonyl (C=O) groups is 1. The Balaban J connectivity index is 3.04. The number of nitrogens with one attached hydrogen (secondary N) is 1. The molecule has 1 amide bonds. The van der Waals surface area contributed by atoms with Gasteiger partial charge >= 0.3 is 6.18 Å². The summed E-state index contributed by atoms with van der Waals surface area (Å²) in [6.45, 7) is 2.78. The normalized spacial score (nSPS) is 11.3. The lowest BCUT2D eigenvalue weighted by molar-refractivity contribution is -0.140. The van der Waals surface area contributed by atoms with Crippen LogP contribution >= 0.6 is 11.6 Å². The van der Waals surface area contributed by atoms with Gasteiger partial charge in [-0.25, -0.2) is 4.98 Å². The Morgan fingerprint density at radius 2 is 2.05 bits per heavy atom. The highest BCUT2D eigenvalue weighted by atomic mass is 35.5. The molecular formula is C13H17ClF3N3O. The molecule has 1 aromatic rings. The number of carbonyl (C=O) groups excluding carboxylic acids is 1. The fourth-order valence-electron chi connectivity index (χ4n) is 1.76. The number of hydrogen-bond acceptors (Lipinski definition) is 3. The summed E-state index contributed by atoms with van der Waals surface area (Å²) >= 11 is 5.89. The minimum absolute atomic E-state index is 0.0121. The highest BCUT2D eigenvalue weighted by Gasteiger charge is 2.34. The van der Waals surface area contributed by atoms with Crippen molar-refractivity contribution in [1.82, 2.24) is 9.88 Å². The number of pyridine rings is 1. The van der Waals surface area contributed by atoms with Gasteiger partial charge < -0.3 is 10.2 Å². The van der Waals surface area contributed by atoms with E-state index in [1.54, 1.807) is 13.0 Å². The smallest absolute Gasteiger partial charge is 0.370 e. The van der Waals surface area contributed by atoms with E-state index in [9.17, 15) is 18.0 Å². The number of amides is 1. The summed E-state index contributed by atoms with van der Waals surface area (Å²) in [5, 5.41) is 2.92. The lowest BCUT2D eigenvalue weighted by Crippen LogP contribution is -2.40. The summed E-state index contributed by atoms with van der Waals surface area (Å²) in [7, 11) is 0. The van der Waals surface area contributed by atoms with Gasteiger partial charge in [0.2, 0.25) is 0 Å². The highest BCUT2D eigenvalue weighted by Crippen LogP contribution is 2.22. The lowest BCUT2D eigenvalue weighted by atomic mass is 10.2. The van der Waals surface area contributed by atoms with Crippen molar-refractivity contribution in [1.29, 1.82) is 0 Å². The third-order valence-corrected chi connectivity index (χ3v) is 2.86. The molecule has 0 saturated heterocycles. The summed E-state index contributed by atoms with van der Waals surface area (Å²) in [4.78, 5) is 16.9. The predicted molar refractivity (Wildman–Crippen MR) is 75.7 cm³/mol. The van der Waals surface area contributed by atoms with Gasteiger partial charge in [-0.2, -0.15) is 13.2 Å². The monoisotopic (exact) mass is 323 g/mol. The number of hydrogen-bond donors (Lipinski definition) is 1. The van der Waals surface area contributed by atoms with E-state index in [1.807, 2.05) is 6.92 Å². The zero-order valence-corrected chi connectivity index (χ0v) is 12.6. The van der Waals surface area contributed by atoms with Gasteiger partial charge in [0, 0.05) is 13.1 Å². The maximum atomic E-state index is 12.5. The van der Waals surface area contributed by atoms with Crippen LogP contribution < -0.4 is 5.32 Å². The van der Waals surface area contributed by atoms with Crippen LogP contribution in [-0.2, 0) is 0 Å². The predicted octanol–water partition coefficient (Wildman–Crippen LogP) is 3.58. The van der Waals surface area contributed by atoms with Gasteiger partial charge in [0.25, 0.3) is 5.91 Å². The van der Waals surface area contributed by atoms with Crippen molar-refractivity contribution in [2.24, 2.45) is 0 Å². The Hall–Kier alpha value is -1.50. The molecule has 8 heteroatoms. The standard InChI is InChI=1S/C13H17ClF3N3O/c1-3-7-20(8-13(15,16)17)12(21)11-9(14)5-6-10(19-11)18-4-2/h5-6H,3-4,7-8H2,1-2H3,(H,18,19). The molecule has 1 rings (SSSR count). The molecule has 0 aromatic carbocycles. The number of nitrogens with zero attached hydrogens (tertiary/aromatic N) is 2. The first kappa shape index (κ1) is 17.6. The molecule has 1 heterocycles. The topological polar surface area (TPSA) is 45.2 Å². The Bertz CT molecular complexity index is 494.